The largest absolute Gasteiger partial charge is 0.545 e. The summed E-state index contributed by atoms with van der Waals surface area (Å²) >= 11 is 0. The van der Waals surface area contributed by atoms with Crippen LogP contribution in [-0.2, 0) is 33.3 Å². The van der Waals surface area contributed by atoms with Gasteiger partial charge in [-0.25, -0.2) is 0 Å². The molecule has 0 aromatic carbocycles. The Morgan fingerprint density at radius 3 is 1.06 bits per heavy atom. The molecule has 0 N–H and O–H groups in total. The van der Waals surface area contributed by atoms with Crippen molar-refractivity contribution in [1.29, 1.82) is 0 Å². The van der Waals surface area contributed by atoms with Crippen LogP contribution in [0.3, 0.4) is 0 Å². The standard InChI is InChI=1S/C72H127NO8/c1-6-8-10-12-14-16-18-20-22-24-26-28-30-31-32-33-34-35-36-37-38-39-41-42-44-46-48-50-52-54-56-58-60-62-69(74)79-66-68(67-80-72(71(76)77)78-65-64-73(3,4)5)81-70(75)63-61-59-57-55-53-51-49-47-45-43-40-29-27-25-23-21-19-17-15-13-11-9-7-2/h9,11,15,17,21,23-24,26-27,29,43,45,49,51,68,72H,6-8,10,12-14,16,18-20,22,25,28,30-42,44,46-48,50,52-67H2,1-5H3/b11-9-,17-15-,23-21-,26-24-,29-27-,45-43-,51-49-. The molecule has 2 unspecified atom stereocenters. The van der Waals surface area contributed by atoms with E-state index in [1.165, 1.54) is 180 Å². The molecule has 81 heavy (non-hydrogen) atoms. The molecule has 9 nitrogen and oxygen atoms in total. The van der Waals surface area contributed by atoms with Crippen molar-refractivity contribution in [2.24, 2.45) is 0 Å². The van der Waals surface area contributed by atoms with Crippen LogP contribution in [0.2, 0.25) is 0 Å². The summed E-state index contributed by atoms with van der Waals surface area (Å²) in [6.07, 6.45) is 81.0. The molecule has 0 rings (SSSR count). The number of ether oxygens (including phenoxy) is 4. The van der Waals surface area contributed by atoms with E-state index < -0.39 is 24.3 Å². The van der Waals surface area contributed by atoms with Gasteiger partial charge in [0.25, 0.3) is 0 Å². The number of carbonyl (C=O) groups is 3. The van der Waals surface area contributed by atoms with Gasteiger partial charge in [0.2, 0.25) is 0 Å². The van der Waals surface area contributed by atoms with Gasteiger partial charge in [-0.15, -0.1) is 0 Å². The van der Waals surface area contributed by atoms with Crippen LogP contribution in [0, 0.1) is 0 Å². The number of unbranched alkanes of at least 4 members (excludes halogenated alkanes) is 33. The van der Waals surface area contributed by atoms with Crippen LogP contribution in [0.25, 0.3) is 0 Å². The van der Waals surface area contributed by atoms with Gasteiger partial charge in [0.1, 0.15) is 13.2 Å². The first-order valence-corrected chi connectivity index (χ1v) is 33.7. The average molecular weight is 1130 g/mol. The fourth-order valence-electron chi connectivity index (χ4n) is 9.48. The van der Waals surface area contributed by atoms with Gasteiger partial charge in [0.05, 0.1) is 40.3 Å². The van der Waals surface area contributed by atoms with Crippen molar-refractivity contribution in [3.63, 3.8) is 0 Å². The van der Waals surface area contributed by atoms with Crippen LogP contribution in [0.5, 0.6) is 0 Å². The lowest BCUT2D eigenvalue weighted by Gasteiger charge is -2.26. The lowest BCUT2D eigenvalue weighted by molar-refractivity contribution is -0.870. The fourth-order valence-corrected chi connectivity index (χ4v) is 9.48. The molecule has 0 aromatic rings. The summed E-state index contributed by atoms with van der Waals surface area (Å²) in [5, 5.41) is 11.8. The number of carbonyl (C=O) groups excluding carboxylic acids is 3. The van der Waals surface area contributed by atoms with Crippen molar-refractivity contribution < 1.29 is 42.9 Å². The molecule has 0 spiro atoms. The van der Waals surface area contributed by atoms with E-state index in [0.717, 1.165) is 83.5 Å². The van der Waals surface area contributed by atoms with E-state index in [1.807, 2.05) is 21.1 Å². The molecular formula is C72H127NO8. The van der Waals surface area contributed by atoms with Gasteiger partial charge >= 0.3 is 11.9 Å². The third-order valence-corrected chi connectivity index (χ3v) is 14.6. The Morgan fingerprint density at radius 1 is 0.383 bits per heavy atom. The van der Waals surface area contributed by atoms with Crippen LogP contribution in [0.1, 0.15) is 296 Å². The third-order valence-electron chi connectivity index (χ3n) is 14.6. The Kier molecular flexibility index (Phi) is 59.8. The highest BCUT2D eigenvalue weighted by molar-refractivity contribution is 5.70. The van der Waals surface area contributed by atoms with Crippen LogP contribution in [0.4, 0.5) is 0 Å². The Morgan fingerprint density at radius 2 is 0.704 bits per heavy atom. The maximum Gasteiger partial charge on any atom is 0.306 e. The van der Waals surface area contributed by atoms with Crippen LogP contribution in [0.15, 0.2) is 85.1 Å². The van der Waals surface area contributed by atoms with Crippen LogP contribution >= 0.6 is 0 Å². The molecule has 0 aliphatic rings. The number of hydrogen-bond acceptors (Lipinski definition) is 8. The van der Waals surface area contributed by atoms with E-state index in [1.54, 1.807) is 0 Å². The Bertz CT molecular complexity index is 1600. The summed E-state index contributed by atoms with van der Waals surface area (Å²) in [5.41, 5.74) is 0. The van der Waals surface area contributed by atoms with Crippen molar-refractivity contribution in [2.45, 2.75) is 309 Å². The Labute approximate surface area is 500 Å². The number of hydrogen-bond donors (Lipinski definition) is 0. The minimum Gasteiger partial charge on any atom is -0.545 e. The second kappa shape index (κ2) is 62.5. The average Bonchev–Trinajstić information content (AvgIpc) is 3.44. The Hall–Kier alpha value is -3.53. The van der Waals surface area contributed by atoms with E-state index in [9.17, 15) is 19.5 Å². The first-order valence-electron chi connectivity index (χ1n) is 33.7. The number of quaternary nitrogens is 1. The van der Waals surface area contributed by atoms with Gasteiger partial charge in [0.15, 0.2) is 12.4 Å². The molecule has 0 amide bonds. The summed E-state index contributed by atoms with van der Waals surface area (Å²) in [6.45, 7) is 4.63. The number of likely N-dealkylation sites (N-methyl/N-ethyl adjacent to an activating group) is 1. The zero-order valence-corrected chi connectivity index (χ0v) is 53.4. The van der Waals surface area contributed by atoms with Gasteiger partial charge in [-0.1, -0.05) is 279 Å². The molecule has 0 saturated carbocycles. The molecule has 0 aliphatic heterocycles. The van der Waals surface area contributed by atoms with E-state index in [-0.39, 0.29) is 38.6 Å². The molecule has 0 aliphatic carbocycles. The van der Waals surface area contributed by atoms with Gasteiger partial charge in [-0.05, 0) is 89.9 Å². The lowest BCUT2D eigenvalue weighted by atomic mass is 10.0. The number of carboxylic acid groups (broad SMARTS) is 1. The monoisotopic (exact) mass is 1130 g/mol. The van der Waals surface area contributed by atoms with E-state index in [0.29, 0.717) is 17.4 Å². The molecule has 0 aromatic heterocycles. The maximum atomic E-state index is 12.9. The molecule has 0 saturated heterocycles. The molecule has 0 radical (unpaired) electrons. The summed E-state index contributed by atoms with van der Waals surface area (Å²) in [7, 11) is 5.92. The quantitative estimate of drug-likeness (QED) is 0.0195. The highest BCUT2D eigenvalue weighted by Gasteiger charge is 2.22. The third kappa shape index (κ3) is 63.9. The molecule has 0 bridgehead atoms. The topological polar surface area (TPSA) is 111 Å². The van der Waals surface area contributed by atoms with Crippen molar-refractivity contribution in [1.82, 2.24) is 0 Å². The van der Waals surface area contributed by atoms with Crippen molar-refractivity contribution in [2.75, 3.05) is 47.5 Å². The molecule has 9 heteroatoms. The van der Waals surface area contributed by atoms with E-state index in [4.69, 9.17) is 18.9 Å². The van der Waals surface area contributed by atoms with Crippen molar-refractivity contribution in [3.8, 4) is 0 Å². The fraction of sp³-hybridized carbons (Fsp3) is 0.764. The van der Waals surface area contributed by atoms with Crippen molar-refractivity contribution >= 4 is 17.9 Å². The molecule has 0 heterocycles. The molecular weight excluding hydrogens is 1010 g/mol. The van der Waals surface area contributed by atoms with Crippen LogP contribution < -0.4 is 5.11 Å². The predicted octanol–water partition coefficient (Wildman–Crippen LogP) is 19.4. The smallest absolute Gasteiger partial charge is 0.306 e. The van der Waals surface area contributed by atoms with Gasteiger partial charge < -0.3 is 33.3 Å². The number of allylic oxidation sites excluding steroid dienone is 14. The van der Waals surface area contributed by atoms with Gasteiger partial charge in [0, 0.05) is 12.8 Å². The molecule has 0 fully saturated rings. The van der Waals surface area contributed by atoms with E-state index >= 15 is 0 Å². The van der Waals surface area contributed by atoms with Crippen molar-refractivity contribution in [3.05, 3.63) is 85.1 Å². The Balaban J connectivity index is 4.13. The summed E-state index contributed by atoms with van der Waals surface area (Å²) in [4.78, 5) is 37.4. The highest BCUT2D eigenvalue weighted by Crippen LogP contribution is 2.17. The minimum atomic E-state index is -1.63. The van der Waals surface area contributed by atoms with Gasteiger partial charge in [-0.3, -0.25) is 9.59 Å². The summed E-state index contributed by atoms with van der Waals surface area (Å²) in [5.74, 6) is -2.31. The molecule has 468 valence electrons. The summed E-state index contributed by atoms with van der Waals surface area (Å²) in [6, 6.07) is 0. The van der Waals surface area contributed by atoms with E-state index in [2.05, 4.69) is 98.9 Å². The van der Waals surface area contributed by atoms with Crippen LogP contribution in [-0.4, -0.2) is 82.3 Å². The first-order chi connectivity index (χ1) is 39.6. The zero-order valence-electron chi connectivity index (χ0n) is 53.4. The normalized spacial score (nSPS) is 13.2. The molecule has 2 atom stereocenters. The number of rotatable bonds is 62. The van der Waals surface area contributed by atoms with Gasteiger partial charge in [-0.2, -0.15) is 0 Å². The SMILES string of the molecule is CC/C=C\C/C=C\C/C=C\C/C=C\C/C=C\C/C=C\CCCCCCC(=O)OC(COC(=O)CCCCCCCCCCCCCCCCCCCCCCC/C=C\CCCCCCCCCC)COC(OCC[N+](C)(C)C)C(=O)[O-]. The lowest BCUT2D eigenvalue weighted by Crippen LogP contribution is -2.44. The number of nitrogens with zero attached hydrogens (tertiary/aromatic N) is 1. The minimum absolute atomic E-state index is 0.139. The summed E-state index contributed by atoms with van der Waals surface area (Å²) < 4.78 is 22.7. The number of aliphatic carboxylic acids is 1. The number of esters is 2. The second-order valence-electron chi connectivity index (χ2n) is 23.7. The number of carboxylic acids is 1. The first kappa shape index (κ1) is 77.5. The maximum absolute atomic E-state index is 12.9. The second-order valence-corrected chi connectivity index (χ2v) is 23.7. The predicted molar refractivity (Wildman–Crippen MR) is 343 cm³/mol. The highest BCUT2D eigenvalue weighted by atomic mass is 16.7. The zero-order chi connectivity index (χ0) is 59.1.